The van der Waals surface area contributed by atoms with Gasteiger partial charge in [-0.05, 0) is 21.5 Å². The summed E-state index contributed by atoms with van der Waals surface area (Å²) < 4.78 is 13.4. The number of hydrogen-bond donors (Lipinski definition) is 1. The SMILES string of the molecule is Nc1c(-c2ccccc2)cc(F)nc1Br. The molecule has 0 unspecified atom stereocenters. The van der Waals surface area contributed by atoms with Crippen LogP contribution >= 0.6 is 15.9 Å². The van der Waals surface area contributed by atoms with Gasteiger partial charge >= 0.3 is 0 Å². The quantitative estimate of drug-likeness (QED) is 0.805. The molecule has 0 fully saturated rings. The van der Waals surface area contributed by atoms with Crippen LogP contribution in [0.15, 0.2) is 41.0 Å². The van der Waals surface area contributed by atoms with Gasteiger partial charge in [0.1, 0.15) is 4.60 Å². The van der Waals surface area contributed by atoms with Crippen molar-refractivity contribution in [2.75, 3.05) is 5.73 Å². The molecule has 0 saturated carbocycles. The van der Waals surface area contributed by atoms with Crippen molar-refractivity contribution in [3.63, 3.8) is 0 Å². The minimum absolute atomic E-state index is 0.335. The first-order chi connectivity index (χ1) is 7.18. The van der Waals surface area contributed by atoms with E-state index in [-0.39, 0.29) is 0 Å². The van der Waals surface area contributed by atoms with E-state index in [0.717, 1.165) is 5.56 Å². The summed E-state index contributed by atoms with van der Waals surface area (Å²) >= 11 is 3.12. The number of rotatable bonds is 1. The highest BCUT2D eigenvalue weighted by atomic mass is 79.9. The largest absolute Gasteiger partial charge is 0.396 e. The van der Waals surface area contributed by atoms with Crippen LogP contribution in [0.3, 0.4) is 0 Å². The fourth-order valence-corrected chi connectivity index (χ4v) is 1.73. The Labute approximate surface area is 95.1 Å². The van der Waals surface area contributed by atoms with Crippen LogP contribution in [0.1, 0.15) is 0 Å². The number of anilines is 1. The van der Waals surface area contributed by atoms with E-state index in [1.54, 1.807) is 0 Å². The number of nitrogen functional groups attached to an aromatic ring is 1. The molecule has 0 atom stereocenters. The lowest BCUT2D eigenvalue weighted by molar-refractivity contribution is 0.582. The summed E-state index contributed by atoms with van der Waals surface area (Å²) in [5.41, 5.74) is 7.77. The van der Waals surface area contributed by atoms with Gasteiger partial charge in [-0.15, -0.1) is 0 Å². The Kier molecular flexibility index (Phi) is 2.68. The minimum Gasteiger partial charge on any atom is -0.396 e. The van der Waals surface area contributed by atoms with E-state index < -0.39 is 5.95 Å². The van der Waals surface area contributed by atoms with Crippen molar-refractivity contribution in [1.29, 1.82) is 0 Å². The lowest BCUT2D eigenvalue weighted by Gasteiger charge is -2.06. The molecule has 15 heavy (non-hydrogen) atoms. The Morgan fingerprint density at radius 1 is 1.20 bits per heavy atom. The molecule has 0 bridgehead atoms. The van der Waals surface area contributed by atoms with E-state index in [1.165, 1.54) is 6.07 Å². The van der Waals surface area contributed by atoms with Gasteiger partial charge in [-0.3, -0.25) is 0 Å². The van der Waals surface area contributed by atoms with Crippen molar-refractivity contribution >= 4 is 21.6 Å². The zero-order valence-electron chi connectivity index (χ0n) is 7.74. The number of benzene rings is 1. The lowest BCUT2D eigenvalue weighted by Crippen LogP contribution is -1.96. The molecule has 0 aliphatic carbocycles. The number of nitrogens with two attached hydrogens (primary N) is 1. The van der Waals surface area contributed by atoms with Gasteiger partial charge < -0.3 is 5.73 Å². The van der Waals surface area contributed by atoms with Gasteiger partial charge in [-0.2, -0.15) is 4.39 Å². The zero-order chi connectivity index (χ0) is 10.8. The molecule has 0 aliphatic heterocycles. The second-order valence-electron chi connectivity index (χ2n) is 3.06. The van der Waals surface area contributed by atoms with Crippen LogP contribution in [0, 0.1) is 5.95 Å². The highest BCUT2D eigenvalue weighted by Gasteiger charge is 2.09. The van der Waals surface area contributed by atoms with Crippen LogP contribution in [0.2, 0.25) is 0 Å². The number of nitrogens with zero attached hydrogens (tertiary/aromatic N) is 1. The van der Waals surface area contributed by atoms with Crippen molar-refractivity contribution in [3.8, 4) is 11.1 Å². The molecule has 2 aromatic rings. The predicted molar refractivity (Wildman–Crippen MR) is 61.7 cm³/mol. The molecule has 76 valence electrons. The summed E-state index contributed by atoms with van der Waals surface area (Å²) in [7, 11) is 0. The first-order valence-corrected chi connectivity index (χ1v) is 5.14. The van der Waals surface area contributed by atoms with E-state index in [1.807, 2.05) is 30.3 Å². The monoisotopic (exact) mass is 266 g/mol. The van der Waals surface area contributed by atoms with E-state index in [9.17, 15) is 4.39 Å². The molecule has 0 spiro atoms. The van der Waals surface area contributed by atoms with E-state index in [0.29, 0.717) is 15.9 Å². The zero-order valence-corrected chi connectivity index (χ0v) is 9.33. The molecule has 0 aliphatic rings. The molecule has 2 nitrogen and oxygen atoms in total. The molecular formula is C11H8BrFN2. The third kappa shape index (κ3) is 1.99. The first-order valence-electron chi connectivity index (χ1n) is 4.35. The van der Waals surface area contributed by atoms with Gasteiger partial charge in [-0.25, -0.2) is 4.98 Å². The molecule has 1 aromatic carbocycles. The normalized spacial score (nSPS) is 10.3. The highest BCUT2D eigenvalue weighted by molar-refractivity contribution is 9.10. The van der Waals surface area contributed by atoms with Crippen molar-refractivity contribution in [2.45, 2.75) is 0 Å². The Morgan fingerprint density at radius 3 is 2.53 bits per heavy atom. The predicted octanol–water partition coefficient (Wildman–Crippen LogP) is 3.23. The second kappa shape index (κ2) is 3.98. The molecule has 0 radical (unpaired) electrons. The Bertz CT molecular complexity index is 485. The summed E-state index contributed by atoms with van der Waals surface area (Å²) in [6.45, 7) is 0. The maximum atomic E-state index is 13.1. The van der Waals surface area contributed by atoms with Gasteiger partial charge in [-0.1, -0.05) is 30.3 Å². The average molecular weight is 267 g/mol. The second-order valence-corrected chi connectivity index (χ2v) is 3.81. The van der Waals surface area contributed by atoms with Crippen LogP contribution in [0.4, 0.5) is 10.1 Å². The van der Waals surface area contributed by atoms with E-state index in [4.69, 9.17) is 5.73 Å². The van der Waals surface area contributed by atoms with Crippen LogP contribution in [-0.4, -0.2) is 4.98 Å². The van der Waals surface area contributed by atoms with Crippen molar-refractivity contribution in [1.82, 2.24) is 4.98 Å². The molecule has 1 heterocycles. The third-order valence-electron chi connectivity index (χ3n) is 2.07. The number of hydrogen-bond acceptors (Lipinski definition) is 2. The Morgan fingerprint density at radius 2 is 1.87 bits per heavy atom. The van der Waals surface area contributed by atoms with Crippen LogP contribution in [0.5, 0.6) is 0 Å². The lowest BCUT2D eigenvalue weighted by atomic mass is 10.1. The maximum Gasteiger partial charge on any atom is 0.214 e. The molecular weight excluding hydrogens is 259 g/mol. The van der Waals surface area contributed by atoms with Crippen molar-refractivity contribution in [3.05, 3.63) is 46.9 Å². The summed E-state index contributed by atoms with van der Waals surface area (Å²) in [6.07, 6.45) is 0. The molecule has 0 saturated heterocycles. The van der Waals surface area contributed by atoms with E-state index in [2.05, 4.69) is 20.9 Å². The summed E-state index contributed by atoms with van der Waals surface area (Å²) in [5, 5.41) is 0. The number of pyridine rings is 1. The van der Waals surface area contributed by atoms with E-state index >= 15 is 0 Å². The van der Waals surface area contributed by atoms with Crippen LogP contribution in [-0.2, 0) is 0 Å². The summed E-state index contributed by atoms with van der Waals surface area (Å²) in [6, 6.07) is 10.7. The summed E-state index contributed by atoms with van der Waals surface area (Å²) in [4.78, 5) is 3.58. The number of halogens is 2. The molecule has 2 N–H and O–H groups in total. The Balaban J connectivity index is 2.63. The van der Waals surface area contributed by atoms with Crippen molar-refractivity contribution < 1.29 is 4.39 Å². The van der Waals surface area contributed by atoms with Gasteiger partial charge in [0.05, 0.1) is 5.69 Å². The van der Waals surface area contributed by atoms with Gasteiger partial charge in [0.2, 0.25) is 5.95 Å². The first kappa shape index (κ1) is 10.1. The average Bonchev–Trinajstić information content (AvgIpc) is 2.24. The highest BCUT2D eigenvalue weighted by Crippen LogP contribution is 2.30. The smallest absolute Gasteiger partial charge is 0.214 e. The third-order valence-corrected chi connectivity index (χ3v) is 2.67. The molecule has 4 heteroatoms. The topological polar surface area (TPSA) is 38.9 Å². The van der Waals surface area contributed by atoms with Gasteiger partial charge in [0.25, 0.3) is 0 Å². The van der Waals surface area contributed by atoms with Gasteiger partial charge in [0.15, 0.2) is 0 Å². The standard InChI is InChI=1S/C11H8BrFN2/c12-11-10(14)8(6-9(13)15-11)7-4-2-1-3-5-7/h1-6H,14H2. The fourth-order valence-electron chi connectivity index (χ4n) is 1.35. The molecule has 0 amide bonds. The Hall–Kier alpha value is -1.42. The van der Waals surface area contributed by atoms with Crippen LogP contribution < -0.4 is 5.73 Å². The summed E-state index contributed by atoms with van der Waals surface area (Å²) in [5.74, 6) is -0.546. The fraction of sp³-hybridized carbons (Fsp3) is 0. The molecule has 1 aromatic heterocycles. The van der Waals surface area contributed by atoms with Crippen LogP contribution in [0.25, 0.3) is 11.1 Å². The number of aromatic nitrogens is 1. The van der Waals surface area contributed by atoms with Gasteiger partial charge in [0, 0.05) is 11.6 Å². The molecule has 2 rings (SSSR count). The van der Waals surface area contributed by atoms with Crippen molar-refractivity contribution in [2.24, 2.45) is 0 Å². The minimum atomic E-state index is -0.546. The maximum absolute atomic E-state index is 13.1.